The zero-order valence-electron chi connectivity index (χ0n) is 11.2. The summed E-state index contributed by atoms with van der Waals surface area (Å²) in [6.45, 7) is 7.34. The minimum Gasteiger partial charge on any atom is -0.385 e. The van der Waals surface area contributed by atoms with Crippen LogP contribution in [-0.4, -0.2) is 23.3 Å². The van der Waals surface area contributed by atoms with Crippen LogP contribution >= 0.6 is 0 Å². The summed E-state index contributed by atoms with van der Waals surface area (Å²) in [6.07, 6.45) is 1.52. The molecule has 1 N–H and O–H groups in total. The molecule has 0 fully saturated rings. The summed E-state index contributed by atoms with van der Waals surface area (Å²) in [5.41, 5.74) is 1.59. The molecular formula is C15H18O3. The first-order chi connectivity index (χ1) is 8.29. The number of rotatable bonds is 1. The lowest BCUT2D eigenvalue weighted by Gasteiger charge is -2.33. The number of carbonyl (C=O) groups excluding carboxylic acids is 2. The van der Waals surface area contributed by atoms with Crippen molar-refractivity contribution in [1.82, 2.24) is 0 Å². The number of ketones is 1. The zero-order chi connectivity index (χ0) is 13.9. The van der Waals surface area contributed by atoms with Gasteiger partial charge < -0.3 is 5.11 Å². The van der Waals surface area contributed by atoms with Crippen LogP contribution in [0.4, 0.5) is 0 Å². The van der Waals surface area contributed by atoms with E-state index in [0.29, 0.717) is 23.9 Å². The SMILES string of the molecule is CC(C#CC1=C(C)C(=O)C(O)CC1(C)C)=CC=O. The molecule has 0 bridgehead atoms. The molecule has 3 nitrogen and oxygen atoms in total. The van der Waals surface area contributed by atoms with Crippen LogP contribution in [0.3, 0.4) is 0 Å². The number of hydrogen-bond donors (Lipinski definition) is 1. The first-order valence-electron chi connectivity index (χ1n) is 5.87. The lowest BCUT2D eigenvalue weighted by Crippen LogP contribution is -2.35. The lowest BCUT2D eigenvalue weighted by atomic mass is 9.71. The molecule has 96 valence electrons. The highest BCUT2D eigenvalue weighted by Gasteiger charge is 2.37. The van der Waals surface area contributed by atoms with E-state index in [1.54, 1.807) is 13.8 Å². The topological polar surface area (TPSA) is 54.4 Å². The van der Waals surface area contributed by atoms with E-state index >= 15 is 0 Å². The third-order valence-corrected chi connectivity index (χ3v) is 3.13. The number of aldehydes is 1. The minimum atomic E-state index is -0.933. The van der Waals surface area contributed by atoms with Gasteiger partial charge in [0.1, 0.15) is 12.4 Å². The van der Waals surface area contributed by atoms with Crippen molar-refractivity contribution < 1.29 is 14.7 Å². The average molecular weight is 246 g/mol. The molecule has 0 saturated carbocycles. The number of Topliss-reactive ketones (excluding diaryl/α,β-unsaturated/α-hetero) is 1. The Morgan fingerprint density at radius 3 is 2.67 bits per heavy atom. The third-order valence-electron chi connectivity index (χ3n) is 3.13. The largest absolute Gasteiger partial charge is 0.385 e. The Hall–Kier alpha value is -1.66. The molecule has 0 aliphatic heterocycles. The molecule has 0 amide bonds. The van der Waals surface area contributed by atoms with Crippen LogP contribution in [0.25, 0.3) is 0 Å². The van der Waals surface area contributed by atoms with Gasteiger partial charge in [0.15, 0.2) is 5.78 Å². The number of aliphatic hydroxyl groups excluding tert-OH is 1. The van der Waals surface area contributed by atoms with Crippen LogP contribution in [0.5, 0.6) is 0 Å². The lowest BCUT2D eigenvalue weighted by molar-refractivity contribution is -0.125. The molecule has 0 aromatic rings. The maximum Gasteiger partial charge on any atom is 0.187 e. The Labute approximate surface area is 108 Å². The Bertz CT molecular complexity index is 496. The third kappa shape index (κ3) is 2.96. The highest BCUT2D eigenvalue weighted by Crippen LogP contribution is 2.38. The summed E-state index contributed by atoms with van der Waals surface area (Å²) >= 11 is 0. The molecule has 1 aliphatic rings. The smallest absolute Gasteiger partial charge is 0.187 e. The van der Waals surface area contributed by atoms with Gasteiger partial charge in [-0.1, -0.05) is 25.7 Å². The molecule has 0 aromatic heterocycles. The van der Waals surface area contributed by atoms with E-state index in [1.165, 1.54) is 6.08 Å². The molecule has 1 aliphatic carbocycles. The van der Waals surface area contributed by atoms with Crippen LogP contribution in [0.2, 0.25) is 0 Å². The Morgan fingerprint density at radius 1 is 1.50 bits per heavy atom. The fourth-order valence-electron chi connectivity index (χ4n) is 2.13. The molecule has 0 saturated heterocycles. The van der Waals surface area contributed by atoms with Crippen LogP contribution in [0.15, 0.2) is 22.8 Å². The first-order valence-corrected chi connectivity index (χ1v) is 5.87. The van der Waals surface area contributed by atoms with E-state index < -0.39 is 6.10 Å². The van der Waals surface area contributed by atoms with Crippen LogP contribution in [-0.2, 0) is 9.59 Å². The Morgan fingerprint density at radius 2 is 2.11 bits per heavy atom. The van der Waals surface area contributed by atoms with Gasteiger partial charge in [-0.15, -0.1) is 0 Å². The highest BCUT2D eigenvalue weighted by atomic mass is 16.3. The quantitative estimate of drug-likeness (QED) is 0.436. The van der Waals surface area contributed by atoms with Crippen LogP contribution < -0.4 is 0 Å². The van der Waals surface area contributed by atoms with Gasteiger partial charge in [-0.25, -0.2) is 0 Å². The summed E-state index contributed by atoms with van der Waals surface area (Å²) < 4.78 is 0. The van der Waals surface area contributed by atoms with Gasteiger partial charge in [0.05, 0.1) is 0 Å². The van der Waals surface area contributed by atoms with Crippen LogP contribution in [0, 0.1) is 17.3 Å². The van der Waals surface area contributed by atoms with E-state index in [0.717, 1.165) is 5.57 Å². The molecule has 3 heteroatoms. The van der Waals surface area contributed by atoms with E-state index in [9.17, 15) is 14.7 Å². The summed E-state index contributed by atoms with van der Waals surface area (Å²) in [5, 5.41) is 9.67. The van der Waals surface area contributed by atoms with Crippen molar-refractivity contribution in [3.63, 3.8) is 0 Å². The molecule has 0 aromatic carbocycles. The van der Waals surface area contributed by atoms with Gasteiger partial charge in [0, 0.05) is 22.1 Å². The van der Waals surface area contributed by atoms with Crippen LogP contribution in [0.1, 0.15) is 34.1 Å². The predicted molar refractivity (Wildman–Crippen MR) is 69.7 cm³/mol. The monoisotopic (exact) mass is 246 g/mol. The molecule has 18 heavy (non-hydrogen) atoms. The van der Waals surface area contributed by atoms with Gasteiger partial charge >= 0.3 is 0 Å². The van der Waals surface area contributed by atoms with Crippen molar-refractivity contribution in [1.29, 1.82) is 0 Å². The first kappa shape index (κ1) is 14.4. The maximum atomic E-state index is 11.7. The second kappa shape index (κ2) is 5.32. The predicted octanol–water partition coefficient (Wildman–Crippen LogP) is 1.81. The molecular weight excluding hydrogens is 228 g/mol. The van der Waals surface area contributed by atoms with E-state index in [4.69, 9.17) is 0 Å². The number of hydrogen-bond acceptors (Lipinski definition) is 3. The molecule has 0 spiro atoms. The second-order valence-electron chi connectivity index (χ2n) is 5.20. The van der Waals surface area contributed by atoms with E-state index in [-0.39, 0.29) is 11.2 Å². The Balaban J connectivity index is 3.23. The van der Waals surface area contributed by atoms with Gasteiger partial charge in [0.25, 0.3) is 0 Å². The van der Waals surface area contributed by atoms with Crippen molar-refractivity contribution in [2.45, 2.75) is 40.2 Å². The zero-order valence-corrected chi connectivity index (χ0v) is 11.2. The van der Waals surface area contributed by atoms with Gasteiger partial charge in [0.2, 0.25) is 0 Å². The van der Waals surface area contributed by atoms with Gasteiger partial charge in [-0.3, -0.25) is 9.59 Å². The van der Waals surface area contributed by atoms with Crippen molar-refractivity contribution in [3.05, 3.63) is 22.8 Å². The summed E-state index contributed by atoms with van der Waals surface area (Å²) in [5.74, 6) is 5.58. The fourth-order valence-corrected chi connectivity index (χ4v) is 2.13. The van der Waals surface area contributed by atoms with Crippen molar-refractivity contribution in [2.24, 2.45) is 5.41 Å². The minimum absolute atomic E-state index is 0.254. The molecule has 0 radical (unpaired) electrons. The number of aliphatic hydroxyl groups is 1. The normalized spacial score (nSPS) is 23.5. The number of allylic oxidation sites excluding steroid dienone is 3. The van der Waals surface area contributed by atoms with Gasteiger partial charge in [-0.2, -0.15) is 0 Å². The summed E-state index contributed by atoms with van der Waals surface area (Å²) in [6, 6.07) is 0. The van der Waals surface area contributed by atoms with E-state index in [1.807, 2.05) is 13.8 Å². The molecule has 1 atom stereocenters. The van der Waals surface area contributed by atoms with Crippen molar-refractivity contribution in [3.8, 4) is 11.8 Å². The average Bonchev–Trinajstić information content (AvgIpc) is 2.25. The van der Waals surface area contributed by atoms with Crippen molar-refractivity contribution >= 4 is 12.1 Å². The molecule has 1 rings (SSSR count). The van der Waals surface area contributed by atoms with Gasteiger partial charge in [-0.05, 0) is 26.3 Å². The second-order valence-corrected chi connectivity index (χ2v) is 5.20. The van der Waals surface area contributed by atoms with E-state index in [2.05, 4.69) is 11.8 Å². The van der Waals surface area contributed by atoms with Crippen molar-refractivity contribution in [2.75, 3.05) is 0 Å². The standard InChI is InChI=1S/C15H18O3/c1-10(7-8-16)5-6-12-11(2)14(18)13(17)9-15(12,3)4/h7-8,13,17H,9H2,1-4H3. The summed E-state index contributed by atoms with van der Waals surface area (Å²) in [7, 11) is 0. The fraction of sp³-hybridized carbons (Fsp3) is 0.467. The highest BCUT2D eigenvalue weighted by molar-refractivity contribution is 6.00. The molecule has 0 heterocycles. The molecule has 1 unspecified atom stereocenters. The summed E-state index contributed by atoms with van der Waals surface area (Å²) in [4.78, 5) is 22.1. The Kier molecular flexibility index (Phi) is 4.26. The number of carbonyl (C=O) groups is 2. The maximum absolute atomic E-state index is 11.7.